The van der Waals surface area contributed by atoms with Crippen molar-refractivity contribution in [1.29, 1.82) is 0 Å². The molecule has 2 N–H and O–H groups in total. The lowest BCUT2D eigenvalue weighted by molar-refractivity contribution is -0.121. The highest BCUT2D eigenvalue weighted by atomic mass is 16.3. The summed E-state index contributed by atoms with van der Waals surface area (Å²) >= 11 is 0. The minimum absolute atomic E-state index is 0.0866. The molecular formula is C45H89NO3. The van der Waals surface area contributed by atoms with E-state index in [4.69, 9.17) is 0 Å². The molecule has 0 aliphatic carbocycles. The van der Waals surface area contributed by atoms with Gasteiger partial charge in [0.2, 0.25) is 5.91 Å². The molecule has 0 radical (unpaired) electrons. The van der Waals surface area contributed by atoms with E-state index in [1.807, 2.05) is 0 Å². The normalized spacial score (nSPS) is 12.1. The Kier molecular flexibility index (Phi) is 40.8. The second-order valence-electron chi connectivity index (χ2n) is 15.7. The van der Waals surface area contributed by atoms with Crippen LogP contribution in [0.5, 0.6) is 0 Å². The summed E-state index contributed by atoms with van der Waals surface area (Å²) in [4.78, 5) is 24.3. The van der Waals surface area contributed by atoms with Gasteiger partial charge in [-0.1, -0.05) is 219 Å². The van der Waals surface area contributed by atoms with Crippen LogP contribution in [0.1, 0.15) is 264 Å². The molecule has 0 aliphatic heterocycles. The summed E-state index contributed by atoms with van der Waals surface area (Å²) in [7, 11) is 0. The predicted octanol–water partition coefficient (Wildman–Crippen LogP) is 14.3. The fourth-order valence-corrected chi connectivity index (χ4v) is 7.13. The van der Waals surface area contributed by atoms with Gasteiger partial charge in [0.15, 0.2) is 0 Å². The van der Waals surface area contributed by atoms with Crippen LogP contribution in [0.4, 0.5) is 0 Å². The SMILES string of the molecule is CCCCCCCCCCCCCCCCC(O)CNC(=O)CCCCCCCCCCC(=O)CCCCCCCCCCCCCCC. The Morgan fingerprint density at radius 1 is 0.388 bits per heavy atom. The van der Waals surface area contributed by atoms with Gasteiger partial charge in [-0.05, 0) is 25.7 Å². The number of carbonyl (C=O) groups is 2. The molecule has 0 aromatic heterocycles. The Morgan fingerprint density at radius 3 is 0.980 bits per heavy atom. The number of aliphatic hydroxyl groups excluding tert-OH is 1. The molecule has 49 heavy (non-hydrogen) atoms. The zero-order valence-electron chi connectivity index (χ0n) is 33.6. The predicted molar refractivity (Wildman–Crippen MR) is 215 cm³/mol. The van der Waals surface area contributed by atoms with E-state index in [0.29, 0.717) is 18.7 Å². The van der Waals surface area contributed by atoms with Crippen LogP contribution in [-0.2, 0) is 9.59 Å². The van der Waals surface area contributed by atoms with Gasteiger partial charge in [-0.25, -0.2) is 0 Å². The largest absolute Gasteiger partial charge is 0.391 e. The van der Waals surface area contributed by atoms with E-state index in [1.165, 1.54) is 193 Å². The first kappa shape index (κ1) is 48.1. The van der Waals surface area contributed by atoms with Gasteiger partial charge in [-0.2, -0.15) is 0 Å². The van der Waals surface area contributed by atoms with Crippen LogP contribution in [-0.4, -0.2) is 29.4 Å². The third kappa shape index (κ3) is 41.4. The quantitative estimate of drug-likeness (QED) is 0.0626. The number of nitrogens with one attached hydrogen (secondary N) is 1. The molecule has 0 heterocycles. The van der Waals surface area contributed by atoms with Crippen LogP contribution in [0.2, 0.25) is 0 Å². The summed E-state index contributed by atoms with van der Waals surface area (Å²) in [5, 5.41) is 13.2. The number of rotatable bonds is 42. The van der Waals surface area contributed by atoms with E-state index in [-0.39, 0.29) is 5.91 Å². The first-order valence-electron chi connectivity index (χ1n) is 22.6. The van der Waals surface area contributed by atoms with E-state index < -0.39 is 6.10 Å². The van der Waals surface area contributed by atoms with E-state index >= 15 is 0 Å². The standard InChI is InChI=1S/C45H89NO3/c1-3-5-7-9-11-13-15-17-19-21-23-28-32-36-40-44(48)42-46-45(49)41-37-33-29-25-24-27-31-35-39-43(47)38-34-30-26-22-20-18-16-14-12-10-8-6-4-2/h44,48H,3-42H2,1-2H3,(H,46,49). The third-order valence-electron chi connectivity index (χ3n) is 10.6. The van der Waals surface area contributed by atoms with Crippen LogP contribution >= 0.6 is 0 Å². The zero-order chi connectivity index (χ0) is 35.7. The molecule has 0 spiro atoms. The summed E-state index contributed by atoms with van der Waals surface area (Å²) < 4.78 is 0. The average molecular weight is 692 g/mol. The van der Waals surface area contributed by atoms with Crippen LogP contribution in [0.25, 0.3) is 0 Å². The van der Waals surface area contributed by atoms with Gasteiger partial charge in [0.1, 0.15) is 5.78 Å². The lowest BCUT2D eigenvalue weighted by Crippen LogP contribution is -2.31. The second kappa shape index (κ2) is 41.5. The van der Waals surface area contributed by atoms with Crippen molar-refractivity contribution in [2.45, 2.75) is 270 Å². The van der Waals surface area contributed by atoms with Crippen molar-refractivity contribution in [3.05, 3.63) is 0 Å². The van der Waals surface area contributed by atoms with Crippen molar-refractivity contribution in [2.75, 3.05) is 6.54 Å². The molecule has 1 amide bonds. The van der Waals surface area contributed by atoms with Crippen molar-refractivity contribution in [2.24, 2.45) is 0 Å². The van der Waals surface area contributed by atoms with E-state index in [1.54, 1.807) is 0 Å². The minimum atomic E-state index is -0.407. The molecule has 0 bridgehead atoms. The molecule has 1 atom stereocenters. The molecule has 292 valence electrons. The molecular weight excluding hydrogens is 602 g/mol. The summed E-state index contributed by atoms with van der Waals surface area (Å²) in [6.07, 6.45) is 48.1. The third-order valence-corrected chi connectivity index (χ3v) is 10.6. The molecule has 0 saturated carbocycles. The van der Waals surface area contributed by atoms with Gasteiger partial charge in [0.25, 0.3) is 0 Å². The fraction of sp³-hybridized carbons (Fsp3) is 0.956. The van der Waals surface area contributed by atoms with Crippen molar-refractivity contribution < 1.29 is 14.7 Å². The van der Waals surface area contributed by atoms with Crippen LogP contribution in [0, 0.1) is 0 Å². The van der Waals surface area contributed by atoms with Crippen molar-refractivity contribution in [3.8, 4) is 0 Å². The Labute approximate surface area is 307 Å². The van der Waals surface area contributed by atoms with Crippen LogP contribution in [0.3, 0.4) is 0 Å². The molecule has 0 rings (SSSR count). The van der Waals surface area contributed by atoms with Gasteiger partial charge in [0.05, 0.1) is 6.10 Å². The fourth-order valence-electron chi connectivity index (χ4n) is 7.13. The lowest BCUT2D eigenvalue weighted by atomic mass is 10.0. The van der Waals surface area contributed by atoms with Crippen LogP contribution in [0.15, 0.2) is 0 Å². The Morgan fingerprint density at radius 2 is 0.653 bits per heavy atom. The molecule has 0 aromatic carbocycles. The first-order valence-corrected chi connectivity index (χ1v) is 22.6. The first-order chi connectivity index (χ1) is 24.1. The molecule has 0 aliphatic rings. The summed E-state index contributed by atoms with van der Waals surface area (Å²) in [5.74, 6) is 0.562. The molecule has 0 aromatic rings. The molecule has 0 fully saturated rings. The number of ketones is 1. The molecule has 4 heteroatoms. The minimum Gasteiger partial charge on any atom is -0.391 e. The number of hydrogen-bond donors (Lipinski definition) is 2. The number of aliphatic hydroxyl groups is 1. The van der Waals surface area contributed by atoms with Gasteiger partial charge >= 0.3 is 0 Å². The maximum atomic E-state index is 12.2. The topological polar surface area (TPSA) is 66.4 Å². The summed E-state index contributed by atoms with van der Waals surface area (Å²) in [6.45, 7) is 4.96. The van der Waals surface area contributed by atoms with Gasteiger partial charge in [-0.15, -0.1) is 0 Å². The van der Waals surface area contributed by atoms with E-state index in [2.05, 4.69) is 19.2 Å². The summed E-state index contributed by atoms with van der Waals surface area (Å²) in [6, 6.07) is 0. The second-order valence-corrected chi connectivity index (χ2v) is 15.7. The maximum absolute atomic E-state index is 12.2. The monoisotopic (exact) mass is 692 g/mol. The molecule has 4 nitrogen and oxygen atoms in total. The smallest absolute Gasteiger partial charge is 0.220 e. The van der Waals surface area contributed by atoms with Gasteiger partial charge < -0.3 is 10.4 Å². The number of amides is 1. The van der Waals surface area contributed by atoms with E-state index in [9.17, 15) is 14.7 Å². The zero-order valence-corrected chi connectivity index (χ0v) is 33.6. The lowest BCUT2D eigenvalue weighted by Gasteiger charge is -2.12. The Hall–Kier alpha value is -0.900. The van der Waals surface area contributed by atoms with Gasteiger partial charge in [-0.3, -0.25) is 9.59 Å². The highest BCUT2D eigenvalue weighted by Gasteiger charge is 2.07. The number of carbonyl (C=O) groups excluding carboxylic acids is 2. The highest BCUT2D eigenvalue weighted by molar-refractivity contribution is 5.78. The molecule has 1 unspecified atom stereocenters. The average Bonchev–Trinajstić information content (AvgIpc) is 3.10. The van der Waals surface area contributed by atoms with Crippen molar-refractivity contribution in [3.63, 3.8) is 0 Å². The Bertz CT molecular complexity index is 666. The molecule has 0 saturated heterocycles. The number of hydrogen-bond acceptors (Lipinski definition) is 3. The summed E-state index contributed by atoms with van der Waals surface area (Å²) in [5.41, 5.74) is 0. The van der Waals surface area contributed by atoms with Crippen molar-refractivity contribution in [1.82, 2.24) is 5.32 Å². The number of Topliss-reactive ketones (excluding diaryl/α,β-unsaturated/α-hetero) is 1. The van der Waals surface area contributed by atoms with Gasteiger partial charge in [0, 0.05) is 25.8 Å². The highest BCUT2D eigenvalue weighted by Crippen LogP contribution is 2.16. The van der Waals surface area contributed by atoms with Crippen molar-refractivity contribution >= 4 is 11.7 Å². The Balaban J connectivity index is 3.32. The van der Waals surface area contributed by atoms with Crippen LogP contribution < -0.4 is 5.32 Å². The van der Waals surface area contributed by atoms with E-state index in [0.717, 1.165) is 51.4 Å². The number of unbranched alkanes of at least 4 members (excludes halogenated alkanes) is 32. The maximum Gasteiger partial charge on any atom is 0.220 e.